The van der Waals surface area contributed by atoms with E-state index < -0.39 is 28.9 Å². The highest BCUT2D eigenvalue weighted by Gasteiger charge is 2.38. The van der Waals surface area contributed by atoms with E-state index in [0.29, 0.717) is 5.06 Å². The van der Waals surface area contributed by atoms with Gasteiger partial charge < -0.3 is 4.84 Å². The highest BCUT2D eigenvalue weighted by molar-refractivity contribution is 6.20. The molecular weight excluding hydrogens is 366 g/mol. The highest BCUT2D eigenvalue weighted by atomic mass is 16.7. The lowest BCUT2D eigenvalue weighted by molar-refractivity contribution is -0.168. The molecule has 1 N–H and O–H groups in total. The fourth-order valence-corrected chi connectivity index (χ4v) is 3.00. The minimum absolute atomic E-state index is 0.148. The molecule has 0 unspecified atom stereocenters. The molecule has 9 nitrogen and oxygen atoms in total. The smallest absolute Gasteiger partial charge is 0.330 e. The van der Waals surface area contributed by atoms with Crippen LogP contribution in [0.4, 0.5) is 0 Å². The Morgan fingerprint density at radius 1 is 0.857 bits per heavy atom. The average Bonchev–Trinajstić information content (AvgIpc) is 2.95. The van der Waals surface area contributed by atoms with Gasteiger partial charge in [-0.15, -0.1) is 0 Å². The van der Waals surface area contributed by atoms with Crippen LogP contribution in [0, 0.1) is 0 Å². The number of amides is 2. The second kappa shape index (κ2) is 6.62. The quantitative estimate of drug-likeness (QED) is 0.671. The van der Waals surface area contributed by atoms with Crippen LogP contribution in [0.15, 0.2) is 58.1 Å². The molecular formula is C19H13N3O6. The number of rotatable bonds is 4. The third kappa shape index (κ3) is 2.78. The van der Waals surface area contributed by atoms with Crippen LogP contribution in [0.3, 0.4) is 0 Å². The standard InChI is InChI=1S/C19H13N3O6/c23-15(28-22-18(26)13-7-3-4-8-14(13)19(22)27)9-10-21-17(25)12-6-2-1-5-11(12)16(24)20-21/h1-8H,9-10H2,(H,20,24). The molecule has 28 heavy (non-hydrogen) atoms. The summed E-state index contributed by atoms with van der Waals surface area (Å²) in [6, 6.07) is 12.4. The first-order chi connectivity index (χ1) is 13.5. The Labute approximate surface area is 156 Å². The van der Waals surface area contributed by atoms with Crippen molar-refractivity contribution < 1.29 is 19.2 Å². The van der Waals surface area contributed by atoms with Crippen LogP contribution in [0.5, 0.6) is 0 Å². The topological polar surface area (TPSA) is 119 Å². The van der Waals surface area contributed by atoms with Gasteiger partial charge >= 0.3 is 5.97 Å². The molecule has 1 aliphatic rings. The third-order valence-corrected chi connectivity index (χ3v) is 4.37. The largest absolute Gasteiger partial charge is 0.335 e. The number of benzene rings is 2. The van der Waals surface area contributed by atoms with Crippen molar-refractivity contribution in [1.82, 2.24) is 14.8 Å². The van der Waals surface area contributed by atoms with Gasteiger partial charge in [-0.05, 0) is 24.3 Å². The Kier molecular flexibility index (Phi) is 4.11. The van der Waals surface area contributed by atoms with Crippen LogP contribution in [0.1, 0.15) is 27.1 Å². The fourth-order valence-electron chi connectivity index (χ4n) is 3.00. The van der Waals surface area contributed by atoms with Crippen molar-refractivity contribution in [2.45, 2.75) is 13.0 Å². The molecule has 2 amide bonds. The molecule has 9 heteroatoms. The van der Waals surface area contributed by atoms with Crippen LogP contribution >= 0.6 is 0 Å². The van der Waals surface area contributed by atoms with E-state index in [1.54, 1.807) is 24.3 Å². The number of nitrogens with zero attached hydrogens (tertiary/aromatic N) is 2. The predicted molar refractivity (Wildman–Crippen MR) is 96.5 cm³/mol. The summed E-state index contributed by atoms with van der Waals surface area (Å²) in [5.41, 5.74) is -0.640. The summed E-state index contributed by atoms with van der Waals surface area (Å²) in [4.78, 5) is 65.8. The highest BCUT2D eigenvalue weighted by Crippen LogP contribution is 2.22. The van der Waals surface area contributed by atoms with E-state index in [4.69, 9.17) is 4.84 Å². The molecule has 0 spiro atoms. The van der Waals surface area contributed by atoms with E-state index in [0.717, 1.165) is 4.68 Å². The number of hydrogen-bond acceptors (Lipinski definition) is 6. The van der Waals surface area contributed by atoms with Crippen LogP contribution in [0.2, 0.25) is 0 Å². The van der Waals surface area contributed by atoms with Crippen LogP contribution in [-0.2, 0) is 16.2 Å². The number of nitrogens with one attached hydrogen (secondary N) is 1. The van der Waals surface area contributed by atoms with E-state index in [1.807, 2.05) is 0 Å². The van der Waals surface area contributed by atoms with Crippen LogP contribution < -0.4 is 11.1 Å². The maximum absolute atomic E-state index is 12.4. The minimum atomic E-state index is -0.893. The van der Waals surface area contributed by atoms with Crippen molar-refractivity contribution in [2.75, 3.05) is 0 Å². The number of hydroxylamine groups is 2. The molecule has 0 fully saturated rings. The molecule has 4 rings (SSSR count). The van der Waals surface area contributed by atoms with E-state index in [9.17, 15) is 24.0 Å². The van der Waals surface area contributed by atoms with Crippen molar-refractivity contribution in [2.24, 2.45) is 0 Å². The van der Waals surface area contributed by atoms with Gasteiger partial charge in [0.15, 0.2) is 0 Å². The number of fused-ring (bicyclic) bond motifs is 2. The summed E-state index contributed by atoms with van der Waals surface area (Å²) in [6.07, 6.45) is -0.332. The summed E-state index contributed by atoms with van der Waals surface area (Å²) in [5.74, 6) is -2.36. The van der Waals surface area contributed by atoms with Gasteiger partial charge in [0, 0.05) is 0 Å². The molecule has 0 bridgehead atoms. The molecule has 0 atom stereocenters. The van der Waals surface area contributed by atoms with Crippen molar-refractivity contribution in [3.8, 4) is 0 Å². The molecule has 0 radical (unpaired) electrons. The Morgan fingerprint density at radius 3 is 2.07 bits per heavy atom. The van der Waals surface area contributed by atoms with Crippen molar-refractivity contribution in [1.29, 1.82) is 0 Å². The van der Waals surface area contributed by atoms with Crippen LogP contribution in [0.25, 0.3) is 10.8 Å². The van der Waals surface area contributed by atoms with Gasteiger partial charge in [0.1, 0.15) is 0 Å². The summed E-state index contributed by atoms with van der Waals surface area (Å²) in [7, 11) is 0. The summed E-state index contributed by atoms with van der Waals surface area (Å²) in [5, 5.41) is 3.26. The maximum Gasteiger partial charge on any atom is 0.335 e. The third-order valence-electron chi connectivity index (χ3n) is 4.37. The van der Waals surface area contributed by atoms with Crippen LogP contribution in [-0.4, -0.2) is 32.6 Å². The Hall–Kier alpha value is -4.01. The minimum Gasteiger partial charge on any atom is -0.330 e. The van der Waals surface area contributed by atoms with E-state index >= 15 is 0 Å². The average molecular weight is 379 g/mol. The van der Waals surface area contributed by atoms with Gasteiger partial charge in [0.2, 0.25) is 0 Å². The number of aromatic nitrogens is 2. The zero-order valence-electron chi connectivity index (χ0n) is 14.4. The monoisotopic (exact) mass is 379 g/mol. The Morgan fingerprint density at radius 2 is 1.43 bits per heavy atom. The summed E-state index contributed by atoms with van der Waals surface area (Å²) in [6.45, 7) is -0.180. The van der Waals surface area contributed by atoms with Gasteiger partial charge in [0.25, 0.3) is 22.9 Å². The van der Waals surface area contributed by atoms with Crippen molar-refractivity contribution in [3.05, 3.63) is 80.4 Å². The second-order valence-electron chi connectivity index (χ2n) is 6.11. The van der Waals surface area contributed by atoms with Gasteiger partial charge in [0.05, 0.1) is 34.9 Å². The number of hydrogen-bond donors (Lipinski definition) is 1. The van der Waals surface area contributed by atoms with Crippen molar-refractivity contribution >= 4 is 28.6 Å². The fraction of sp³-hybridized carbons (Fsp3) is 0.105. The van der Waals surface area contributed by atoms with E-state index in [-0.39, 0.29) is 34.9 Å². The predicted octanol–water partition coefficient (Wildman–Crippen LogP) is 0.834. The van der Waals surface area contributed by atoms with E-state index in [1.165, 1.54) is 24.3 Å². The number of aromatic amines is 1. The zero-order chi connectivity index (χ0) is 19.8. The number of H-pyrrole nitrogens is 1. The molecule has 0 aliphatic carbocycles. The van der Waals surface area contributed by atoms with E-state index in [2.05, 4.69) is 5.10 Å². The molecule has 2 heterocycles. The first-order valence-electron chi connectivity index (χ1n) is 8.38. The van der Waals surface area contributed by atoms with Gasteiger partial charge in [-0.3, -0.25) is 24.3 Å². The first kappa shape index (κ1) is 17.4. The molecule has 1 aliphatic heterocycles. The number of aryl methyl sites for hydroxylation is 1. The molecule has 0 saturated carbocycles. The molecule has 1 aromatic heterocycles. The lowest BCUT2D eigenvalue weighted by Crippen LogP contribution is -2.34. The first-order valence-corrected chi connectivity index (χ1v) is 8.38. The summed E-state index contributed by atoms with van der Waals surface area (Å²) >= 11 is 0. The Bertz CT molecular complexity index is 1220. The SMILES string of the molecule is O=C(CCn1[nH]c(=O)c2ccccc2c1=O)ON1C(=O)c2ccccc2C1=O. The lowest BCUT2D eigenvalue weighted by atomic mass is 10.1. The van der Waals surface area contributed by atoms with Crippen molar-refractivity contribution in [3.63, 3.8) is 0 Å². The lowest BCUT2D eigenvalue weighted by Gasteiger charge is -2.13. The van der Waals surface area contributed by atoms with Gasteiger partial charge in [-0.25, -0.2) is 9.48 Å². The molecule has 2 aromatic carbocycles. The second-order valence-corrected chi connectivity index (χ2v) is 6.11. The molecule has 3 aromatic rings. The number of imide groups is 1. The maximum atomic E-state index is 12.4. The normalized spacial score (nSPS) is 13.1. The molecule has 0 saturated heterocycles. The zero-order valence-corrected chi connectivity index (χ0v) is 14.4. The Balaban J connectivity index is 1.49. The summed E-state index contributed by atoms with van der Waals surface area (Å²) < 4.78 is 0.994. The number of carbonyl (C=O) groups is 3. The van der Waals surface area contributed by atoms with Gasteiger partial charge in [-0.2, -0.15) is 0 Å². The molecule has 140 valence electrons. The number of carbonyl (C=O) groups excluding carboxylic acids is 3. The van der Waals surface area contributed by atoms with Gasteiger partial charge in [-0.1, -0.05) is 29.3 Å².